The summed E-state index contributed by atoms with van der Waals surface area (Å²) in [5.74, 6) is 0. The third kappa shape index (κ3) is 3.23. The SMILES string of the molecule is CCNC(C(O)c1ccc2ccoc2c1)C(C)(Cl)Cl. The molecule has 1 heterocycles. The second-order valence-corrected chi connectivity index (χ2v) is 6.42. The van der Waals surface area contributed by atoms with Crippen molar-refractivity contribution in [1.29, 1.82) is 0 Å². The maximum atomic E-state index is 10.5. The van der Waals surface area contributed by atoms with Gasteiger partial charge in [-0.2, -0.15) is 0 Å². The van der Waals surface area contributed by atoms with Crippen molar-refractivity contribution in [3.05, 3.63) is 36.1 Å². The van der Waals surface area contributed by atoms with E-state index < -0.39 is 16.5 Å². The standard InChI is InChI=1S/C14H17Cl2NO2/c1-3-17-13(14(2,15)16)12(18)10-5-4-9-6-7-19-11(9)8-10/h4-8,12-13,17-18H,3H2,1-2H3. The van der Waals surface area contributed by atoms with Gasteiger partial charge in [-0.15, -0.1) is 23.2 Å². The molecule has 3 nitrogen and oxygen atoms in total. The van der Waals surface area contributed by atoms with Gasteiger partial charge in [-0.3, -0.25) is 0 Å². The number of benzene rings is 1. The average Bonchev–Trinajstić information content (AvgIpc) is 2.80. The highest BCUT2D eigenvalue weighted by atomic mass is 35.5. The smallest absolute Gasteiger partial charge is 0.134 e. The van der Waals surface area contributed by atoms with Crippen LogP contribution >= 0.6 is 23.2 Å². The van der Waals surface area contributed by atoms with Crippen LogP contribution in [0.2, 0.25) is 0 Å². The van der Waals surface area contributed by atoms with Gasteiger partial charge in [0, 0.05) is 5.39 Å². The summed E-state index contributed by atoms with van der Waals surface area (Å²) in [7, 11) is 0. The van der Waals surface area contributed by atoms with Crippen molar-refractivity contribution < 1.29 is 9.52 Å². The number of fused-ring (bicyclic) bond motifs is 1. The molecule has 0 bridgehead atoms. The number of hydrogen-bond donors (Lipinski definition) is 2. The van der Waals surface area contributed by atoms with Gasteiger partial charge in [0.05, 0.1) is 18.4 Å². The van der Waals surface area contributed by atoms with Gasteiger partial charge in [-0.25, -0.2) is 0 Å². The first-order valence-corrected chi connectivity index (χ1v) is 6.95. The summed E-state index contributed by atoms with van der Waals surface area (Å²) in [6.45, 7) is 4.27. The summed E-state index contributed by atoms with van der Waals surface area (Å²) in [5, 5.41) is 14.6. The van der Waals surface area contributed by atoms with Gasteiger partial charge < -0.3 is 14.8 Å². The largest absolute Gasteiger partial charge is 0.464 e. The van der Waals surface area contributed by atoms with E-state index in [0.717, 1.165) is 16.5 Å². The van der Waals surface area contributed by atoms with Crippen LogP contribution in [0.5, 0.6) is 0 Å². The van der Waals surface area contributed by atoms with E-state index in [-0.39, 0.29) is 0 Å². The molecule has 0 aliphatic carbocycles. The van der Waals surface area contributed by atoms with Gasteiger partial charge >= 0.3 is 0 Å². The Bertz CT molecular complexity index is 548. The Morgan fingerprint density at radius 2 is 2.11 bits per heavy atom. The summed E-state index contributed by atoms with van der Waals surface area (Å²) in [5.41, 5.74) is 1.46. The lowest BCUT2D eigenvalue weighted by Gasteiger charge is -2.31. The molecule has 5 heteroatoms. The third-order valence-corrected chi connectivity index (χ3v) is 3.58. The molecule has 2 rings (SSSR count). The quantitative estimate of drug-likeness (QED) is 0.829. The van der Waals surface area contributed by atoms with Crippen molar-refractivity contribution >= 4 is 34.2 Å². The van der Waals surface area contributed by atoms with E-state index in [9.17, 15) is 5.11 Å². The van der Waals surface area contributed by atoms with Gasteiger partial charge in [0.2, 0.25) is 0 Å². The molecule has 0 aliphatic rings. The number of aliphatic hydroxyl groups is 1. The summed E-state index contributed by atoms with van der Waals surface area (Å²) in [6, 6.07) is 6.98. The number of likely N-dealkylation sites (N-methyl/N-ethyl adjacent to an activating group) is 1. The minimum Gasteiger partial charge on any atom is -0.464 e. The van der Waals surface area contributed by atoms with Gasteiger partial charge in [0.15, 0.2) is 0 Å². The van der Waals surface area contributed by atoms with Gasteiger partial charge in [-0.1, -0.05) is 19.1 Å². The number of hydrogen-bond acceptors (Lipinski definition) is 3. The maximum absolute atomic E-state index is 10.5. The summed E-state index contributed by atoms with van der Waals surface area (Å²) >= 11 is 12.3. The second-order valence-electron chi connectivity index (χ2n) is 4.65. The fourth-order valence-corrected chi connectivity index (χ4v) is 2.53. The summed E-state index contributed by atoms with van der Waals surface area (Å²) < 4.78 is 4.26. The zero-order valence-corrected chi connectivity index (χ0v) is 12.4. The number of furan rings is 1. The highest BCUT2D eigenvalue weighted by Gasteiger charge is 2.35. The highest BCUT2D eigenvalue weighted by molar-refractivity contribution is 6.48. The van der Waals surface area contributed by atoms with Crippen LogP contribution in [0.25, 0.3) is 11.0 Å². The van der Waals surface area contributed by atoms with Crippen LogP contribution in [-0.2, 0) is 0 Å². The minimum atomic E-state index is -1.08. The zero-order valence-electron chi connectivity index (χ0n) is 10.9. The Labute approximate surface area is 122 Å². The van der Waals surface area contributed by atoms with E-state index in [4.69, 9.17) is 27.6 Å². The molecule has 0 saturated carbocycles. The number of aliphatic hydroxyl groups excluding tert-OH is 1. The molecule has 1 aromatic carbocycles. The molecule has 0 fully saturated rings. The molecule has 0 spiro atoms. The Balaban J connectivity index is 2.32. The Morgan fingerprint density at radius 1 is 1.37 bits per heavy atom. The molecule has 1 aromatic heterocycles. The highest BCUT2D eigenvalue weighted by Crippen LogP contribution is 2.33. The fraction of sp³-hybridized carbons (Fsp3) is 0.429. The fourth-order valence-electron chi connectivity index (χ4n) is 2.14. The normalized spacial score (nSPS) is 15.6. The van der Waals surface area contributed by atoms with Crippen LogP contribution in [0.1, 0.15) is 25.5 Å². The van der Waals surface area contributed by atoms with Crippen molar-refractivity contribution in [2.45, 2.75) is 30.3 Å². The minimum absolute atomic E-state index is 0.465. The molecule has 19 heavy (non-hydrogen) atoms. The Hall–Kier alpha value is -0.740. The van der Waals surface area contributed by atoms with Gasteiger partial charge in [0.25, 0.3) is 0 Å². The summed E-state index contributed by atoms with van der Waals surface area (Å²) in [6.07, 6.45) is 0.810. The van der Waals surface area contributed by atoms with Crippen molar-refractivity contribution in [2.24, 2.45) is 0 Å². The molecule has 2 unspecified atom stereocenters. The number of alkyl halides is 2. The predicted octanol–water partition coefficient (Wildman–Crippen LogP) is 3.64. The average molecular weight is 302 g/mol. The monoisotopic (exact) mass is 301 g/mol. The number of rotatable bonds is 5. The van der Waals surface area contributed by atoms with Crippen molar-refractivity contribution in [2.75, 3.05) is 6.54 Å². The molecule has 104 valence electrons. The first-order valence-electron chi connectivity index (χ1n) is 6.20. The second kappa shape index (κ2) is 5.71. The zero-order chi connectivity index (χ0) is 14.0. The van der Waals surface area contributed by atoms with E-state index in [0.29, 0.717) is 6.54 Å². The summed E-state index contributed by atoms with van der Waals surface area (Å²) in [4.78, 5) is 0. The molecule has 2 aromatic rings. The Kier molecular flexibility index (Phi) is 4.41. The van der Waals surface area contributed by atoms with Crippen LogP contribution < -0.4 is 5.32 Å². The third-order valence-electron chi connectivity index (χ3n) is 3.11. The first kappa shape index (κ1) is 14.7. The lowest BCUT2D eigenvalue weighted by Crippen LogP contribution is -2.46. The van der Waals surface area contributed by atoms with E-state index in [2.05, 4.69) is 5.32 Å². The van der Waals surface area contributed by atoms with Crippen LogP contribution in [0.3, 0.4) is 0 Å². The molecule has 0 amide bonds. The molecule has 2 N–H and O–H groups in total. The Morgan fingerprint density at radius 3 is 2.74 bits per heavy atom. The van der Waals surface area contributed by atoms with E-state index >= 15 is 0 Å². The molecule has 0 radical (unpaired) electrons. The molecule has 2 atom stereocenters. The first-order chi connectivity index (χ1) is 8.93. The molecular formula is C14H17Cl2NO2. The molecular weight excluding hydrogens is 285 g/mol. The molecule has 0 saturated heterocycles. The van der Waals surface area contributed by atoms with Crippen molar-refractivity contribution in [1.82, 2.24) is 5.32 Å². The lowest BCUT2D eigenvalue weighted by atomic mass is 9.99. The molecule has 0 aliphatic heterocycles. The number of nitrogens with one attached hydrogen (secondary N) is 1. The van der Waals surface area contributed by atoms with E-state index in [1.807, 2.05) is 31.2 Å². The lowest BCUT2D eigenvalue weighted by molar-refractivity contribution is 0.123. The van der Waals surface area contributed by atoms with Crippen molar-refractivity contribution in [3.63, 3.8) is 0 Å². The van der Waals surface area contributed by atoms with E-state index in [1.54, 1.807) is 13.2 Å². The van der Waals surface area contributed by atoms with Crippen molar-refractivity contribution in [3.8, 4) is 0 Å². The van der Waals surface area contributed by atoms with Crippen LogP contribution in [0.4, 0.5) is 0 Å². The van der Waals surface area contributed by atoms with Crippen LogP contribution in [0.15, 0.2) is 34.9 Å². The van der Waals surface area contributed by atoms with Crippen LogP contribution in [0, 0.1) is 0 Å². The number of halogens is 2. The predicted molar refractivity (Wildman–Crippen MR) is 78.7 cm³/mol. The topological polar surface area (TPSA) is 45.4 Å². The van der Waals surface area contributed by atoms with E-state index in [1.165, 1.54) is 0 Å². The maximum Gasteiger partial charge on any atom is 0.134 e. The van der Waals surface area contributed by atoms with Crippen LogP contribution in [-0.4, -0.2) is 22.0 Å². The van der Waals surface area contributed by atoms with Gasteiger partial charge in [-0.05, 0) is 31.2 Å². The van der Waals surface area contributed by atoms with Gasteiger partial charge in [0.1, 0.15) is 9.92 Å².